The summed E-state index contributed by atoms with van der Waals surface area (Å²) in [7, 11) is 0. The molecule has 3 aromatic heterocycles. The zero-order chi connectivity index (χ0) is 23.1. The van der Waals surface area contributed by atoms with Crippen molar-refractivity contribution in [2.45, 2.75) is 6.92 Å². The molecule has 5 heteroatoms. The molecule has 0 radical (unpaired) electrons. The molecule has 0 N–H and O–H groups in total. The molecular formula is C29H20BrN3O. The summed E-state index contributed by atoms with van der Waals surface area (Å²) in [6.45, 7) is 2.12. The van der Waals surface area contributed by atoms with Crippen LogP contribution < -0.4 is 4.74 Å². The molecule has 0 unspecified atom stereocenters. The van der Waals surface area contributed by atoms with Crippen LogP contribution in [0.4, 0.5) is 0 Å². The van der Waals surface area contributed by atoms with Crippen molar-refractivity contribution in [1.82, 2.24) is 14.5 Å². The summed E-state index contributed by atoms with van der Waals surface area (Å²) in [5.41, 5.74) is 5.53. The second-order valence-electron chi connectivity index (χ2n) is 8.18. The lowest BCUT2D eigenvalue weighted by atomic mass is 10.0. The molecule has 34 heavy (non-hydrogen) atoms. The van der Waals surface area contributed by atoms with Gasteiger partial charge in [0.15, 0.2) is 0 Å². The highest BCUT2D eigenvalue weighted by Crippen LogP contribution is 2.36. The Hall–Kier alpha value is -3.96. The van der Waals surface area contributed by atoms with Gasteiger partial charge in [0.05, 0.1) is 11.0 Å². The van der Waals surface area contributed by atoms with Crippen LogP contribution in [0.2, 0.25) is 0 Å². The lowest BCUT2D eigenvalue weighted by Crippen LogP contribution is -1.99. The summed E-state index contributed by atoms with van der Waals surface area (Å²) in [5.74, 6) is 2.44. The van der Waals surface area contributed by atoms with Gasteiger partial charge in [-0.25, -0.2) is 4.98 Å². The predicted octanol–water partition coefficient (Wildman–Crippen LogP) is 8.10. The van der Waals surface area contributed by atoms with Crippen LogP contribution in [-0.2, 0) is 0 Å². The van der Waals surface area contributed by atoms with E-state index in [0.717, 1.165) is 54.9 Å². The monoisotopic (exact) mass is 505 g/mol. The molecule has 0 saturated heterocycles. The van der Waals surface area contributed by atoms with Crippen LogP contribution in [0.15, 0.2) is 108 Å². The van der Waals surface area contributed by atoms with Crippen molar-refractivity contribution >= 4 is 37.7 Å². The highest BCUT2D eigenvalue weighted by molar-refractivity contribution is 9.10. The van der Waals surface area contributed by atoms with Crippen LogP contribution in [0.1, 0.15) is 5.56 Å². The normalized spacial score (nSPS) is 11.2. The van der Waals surface area contributed by atoms with Gasteiger partial charge >= 0.3 is 0 Å². The molecule has 0 fully saturated rings. The lowest BCUT2D eigenvalue weighted by molar-refractivity contribution is 0.483. The maximum Gasteiger partial charge on any atom is 0.137 e. The number of rotatable bonds is 4. The number of hydrogen-bond donors (Lipinski definition) is 0. The highest BCUT2D eigenvalue weighted by Gasteiger charge is 2.15. The third-order valence-corrected chi connectivity index (χ3v) is 6.49. The number of pyridine rings is 2. The standard InChI is InChI=1S/C29H20BrN3O/c1-19-15-29(32-18-26(19)20-11-13-31-14-12-20)33-27-8-3-2-7-24(27)25-10-9-23(17-28(25)33)34-22-6-4-5-21(30)16-22/h2-18H,1H3. The fourth-order valence-corrected chi connectivity index (χ4v) is 4.80. The van der Waals surface area contributed by atoms with Crippen LogP contribution in [0.5, 0.6) is 11.5 Å². The van der Waals surface area contributed by atoms with Crippen LogP contribution in [0, 0.1) is 6.92 Å². The number of nitrogens with zero attached hydrogens (tertiary/aromatic N) is 3. The van der Waals surface area contributed by atoms with Crippen molar-refractivity contribution in [2.75, 3.05) is 0 Å². The highest BCUT2D eigenvalue weighted by atomic mass is 79.9. The topological polar surface area (TPSA) is 39.9 Å². The maximum atomic E-state index is 6.19. The van der Waals surface area contributed by atoms with E-state index >= 15 is 0 Å². The minimum absolute atomic E-state index is 0.778. The first-order chi connectivity index (χ1) is 16.7. The van der Waals surface area contributed by atoms with Crippen molar-refractivity contribution in [1.29, 1.82) is 0 Å². The Bertz CT molecular complexity index is 1660. The van der Waals surface area contributed by atoms with Gasteiger partial charge in [0.25, 0.3) is 0 Å². The van der Waals surface area contributed by atoms with E-state index in [-0.39, 0.29) is 0 Å². The maximum absolute atomic E-state index is 6.19. The van der Waals surface area contributed by atoms with Gasteiger partial charge in [-0.1, -0.05) is 40.2 Å². The smallest absolute Gasteiger partial charge is 0.137 e. The van der Waals surface area contributed by atoms with E-state index in [0.29, 0.717) is 0 Å². The largest absolute Gasteiger partial charge is 0.457 e. The third-order valence-electron chi connectivity index (χ3n) is 5.99. The SMILES string of the molecule is Cc1cc(-n2c3ccccc3c3ccc(Oc4cccc(Br)c4)cc32)ncc1-c1ccncc1. The Labute approximate surface area is 205 Å². The van der Waals surface area contributed by atoms with E-state index < -0.39 is 0 Å². The van der Waals surface area contributed by atoms with Gasteiger partial charge in [0.2, 0.25) is 0 Å². The molecule has 6 rings (SSSR count). The summed E-state index contributed by atoms with van der Waals surface area (Å²) < 4.78 is 9.38. The van der Waals surface area contributed by atoms with Crippen molar-refractivity contribution in [3.63, 3.8) is 0 Å². The molecule has 0 bridgehead atoms. The molecule has 3 aromatic carbocycles. The molecule has 0 spiro atoms. The average molecular weight is 506 g/mol. The zero-order valence-electron chi connectivity index (χ0n) is 18.4. The predicted molar refractivity (Wildman–Crippen MR) is 141 cm³/mol. The first kappa shape index (κ1) is 20.6. The summed E-state index contributed by atoms with van der Waals surface area (Å²) in [6, 6.07) is 28.7. The quantitative estimate of drug-likeness (QED) is 0.243. The van der Waals surface area contributed by atoms with Gasteiger partial charge < -0.3 is 4.74 Å². The van der Waals surface area contributed by atoms with Crippen molar-refractivity contribution in [2.24, 2.45) is 0 Å². The molecule has 0 amide bonds. The first-order valence-electron chi connectivity index (χ1n) is 11.0. The number of aromatic nitrogens is 3. The van der Waals surface area contributed by atoms with Gasteiger partial charge in [-0.3, -0.25) is 9.55 Å². The summed E-state index contributed by atoms with van der Waals surface area (Å²) in [6.07, 6.45) is 5.56. The van der Waals surface area contributed by atoms with Crippen molar-refractivity contribution in [3.8, 4) is 28.4 Å². The fourth-order valence-electron chi connectivity index (χ4n) is 4.42. The van der Waals surface area contributed by atoms with E-state index in [9.17, 15) is 0 Å². The van der Waals surface area contributed by atoms with Gasteiger partial charge in [0, 0.05) is 45.5 Å². The minimum atomic E-state index is 0.778. The van der Waals surface area contributed by atoms with E-state index in [2.05, 4.69) is 74.9 Å². The molecule has 0 aliphatic carbocycles. The van der Waals surface area contributed by atoms with Gasteiger partial charge in [0.1, 0.15) is 17.3 Å². The number of hydrogen-bond acceptors (Lipinski definition) is 3. The second kappa shape index (κ2) is 8.43. The zero-order valence-corrected chi connectivity index (χ0v) is 20.0. The number of para-hydroxylation sites is 1. The first-order valence-corrected chi connectivity index (χ1v) is 11.8. The molecule has 4 nitrogen and oxygen atoms in total. The van der Waals surface area contributed by atoms with Crippen LogP contribution in [0.3, 0.4) is 0 Å². The van der Waals surface area contributed by atoms with Gasteiger partial charge in [-0.2, -0.15) is 0 Å². The third kappa shape index (κ3) is 3.64. The van der Waals surface area contributed by atoms with Crippen LogP contribution in [0.25, 0.3) is 38.8 Å². The van der Waals surface area contributed by atoms with Gasteiger partial charge in [-0.05, 0) is 72.6 Å². The average Bonchev–Trinajstić information content (AvgIpc) is 3.18. The molecule has 0 aliphatic heterocycles. The van der Waals surface area contributed by atoms with E-state index in [1.807, 2.05) is 61.1 Å². The Morgan fingerprint density at radius 2 is 1.56 bits per heavy atom. The summed E-state index contributed by atoms with van der Waals surface area (Å²) >= 11 is 3.51. The Kier molecular flexibility index (Phi) is 5.12. The van der Waals surface area contributed by atoms with Crippen molar-refractivity contribution < 1.29 is 4.74 Å². The van der Waals surface area contributed by atoms with Crippen LogP contribution in [-0.4, -0.2) is 14.5 Å². The number of aryl methyl sites for hydroxylation is 1. The lowest BCUT2D eigenvalue weighted by Gasteiger charge is -2.12. The molecule has 0 atom stereocenters. The summed E-state index contributed by atoms with van der Waals surface area (Å²) in [4.78, 5) is 9.01. The number of halogens is 1. The Morgan fingerprint density at radius 3 is 2.38 bits per heavy atom. The Morgan fingerprint density at radius 1 is 0.765 bits per heavy atom. The molecule has 6 aromatic rings. The second-order valence-corrected chi connectivity index (χ2v) is 9.10. The number of benzene rings is 3. The molecule has 164 valence electrons. The fraction of sp³-hybridized carbons (Fsp3) is 0.0345. The molecule has 0 aliphatic rings. The Balaban J connectivity index is 1.52. The number of ether oxygens (including phenoxy) is 1. The molecule has 3 heterocycles. The van der Waals surface area contributed by atoms with E-state index in [4.69, 9.17) is 9.72 Å². The minimum Gasteiger partial charge on any atom is -0.457 e. The van der Waals surface area contributed by atoms with Gasteiger partial charge in [-0.15, -0.1) is 0 Å². The molecule has 0 saturated carbocycles. The van der Waals surface area contributed by atoms with E-state index in [1.165, 1.54) is 5.39 Å². The van der Waals surface area contributed by atoms with Crippen molar-refractivity contribution in [3.05, 3.63) is 114 Å². The van der Waals surface area contributed by atoms with E-state index in [1.54, 1.807) is 0 Å². The molecular weight excluding hydrogens is 486 g/mol. The number of fused-ring (bicyclic) bond motifs is 3. The van der Waals surface area contributed by atoms with Crippen LogP contribution >= 0.6 is 15.9 Å². The summed E-state index contributed by atoms with van der Waals surface area (Å²) in [5, 5.41) is 2.35.